The highest BCUT2D eigenvalue weighted by Gasteiger charge is 2.54. The molecule has 9 aromatic rings. The Morgan fingerprint density at radius 2 is 0.786 bits per heavy atom. The molecule has 9 nitrogen and oxygen atoms in total. The van der Waals surface area contributed by atoms with Crippen LogP contribution in [0.25, 0.3) is 0 Å². The maximum absolute atomic E-state index is 13.7. The van der Waals surface area contributed by atoms with Gasteiger partial charge in [0.15, 0.2) is 16.4 Å². The Labute approximate surface area is 510 Å². The lowest BCUT2D eigenvalue weighted by Crippen LogP contribution is -2.49. The molecule has 3 aliphatic heterocycles. The van der Waals surface area contributed by atoms with Crippen LogP contribution < -0.4 is 0 Å². The fraction of sp³-hybridized carbons (Fsp3) is 0.197. The van der Waals surface area contributed by atoms with Gasteiger partial charge >= 0.3 is 0 Å². The zero-order chi connectivity index (χ0) is 58.4. The molecule has 1 saturated carbocycles. The average molecular weight is 1190 g/mol. The first-order chi connectivity index (χ1) is 40.8. The van der Waals surface area contributed by atoms with Crippen LogP contribution in [-0.4, -0.2) is 74.5 Å². The van der Waals surface area contributed by atoms with Gasteiger partial charge in [0.1, 0.15) is 0 Å². The van der Waals surface area contributed by atoms with Crippen LogP contribution in [-0.2, 0) is 40.4 Å². The van der Waals surface area contributed by atoms with Gasteiger partial charge in [-0.05, 0) is 115 Å². The summed E-state index contributed by atoms with van der Waals surface area (Å²) in [6.07, 6.45) is 3.65. The molecule has 0 radical (unpaired) electrons. The summed E-state index contributed by atoms with van der Waals surface area (Å²) in [6.45, 7) is 1.45. The lowest BCUT2D eigenvalue weighted by atomic mass is 9.92. The Bertz CT molecular complexity index is 3610. The number of amides is 3. The summed E-state index contributed by atoms with van der Waals surface area (Å²) in [6, 6.07) is 74.7. The van der Waals surface area contributed by atoms with Crippen molar-refractivity contribution in [2.24, 2.45) is 0 Å². The number of hydrogen-bond donors (Lipinski definition) is 2. The van der Waals surface area contributed by atoms with E-state index in [1.165, 1.54) is 5.56 Å². The number of aliphatic hydroxyl groups excluding tert-OH is 1. The van der Waals surface area contributed by atoms with Crippen LogP contribution in [0, 0.1) is 0 Å². The highest BCUT2D eigenvalue weighted by atomic mass is 35.5. The molecule has 1 fully saturated rings. The van der Waals surface area contributed by atoms with E-state index in [-0.39, 0.29) is 29.9 Å². The number of benzene rings is 9. The van der Waals surface area contributed by atoms with E-state index in [2.05, 4.69) is 24.3 Å². The molecule has 13 heteroatoms. The SMILES string of the molecule is O=C1c2ccccc2C(Cl)(c2ccc(Cl)cc2)N1CCc1ccccc1.O=C1c2ccccc2C(O)(c2ccc(Cl)cc2)N1CCc1ccccc1.O=C1c2ccccc2C(OC2CCC(O)C2)(c2ccc(Cl)cc2)N1CCc1ccccc1. The number of alkyl halides is 1. The summed E-state index contributed by atoms with van der Waals surface area (Å²) in [5, 5.41) is 23.7. The first kappa shape index (κ1) is 58.2. The largest absolute Gasteiger partial charge is 0.393 e. The second-order valence-corrected chi connectivity index (χ2v) is 23.2. The Hall–Kier alpha value is -7.57. The van der Waals surface area contributed by atoms with E-state index in [4.69, 9.17) is 51.1 Å². The number of fused-ring (bicyclic) bond motifs is 3. The van der Waals surface area contributed by atoms with Crippen molar-refractivity contribution < 1.29 is 29.3 Å². The van der Waals surface area contributed by atoms with Crippen LogP contribution in [0.2, 0.25) is 15.1 Å². The Morgan fingerprint density at radius 1 is 0.417 bits per heavy atom. The van der Waals surface area contributed by atoms with Gasteiger partial charge < -0.3 is 29.6 Å². The van der Waals surface area contributed by atoms with Crippen LogP contribution in [0.1, 0.15) is 100 Å². The van der Waals surface area contributed by atoms with Crippen LogP contribution in [0.15, 0.2) is 237 Å². The highest BCUT2D eigenvalue weighted by molar-refractivity contribution is 6.32. The van der Waals surface area contributed by atoms with Crippen molar-refractivity contribution in [2.75, 3.05) is 19.6 Å². The van der Waals surface area contributed by atoms with Gasteiger partial charge in [0, 0.05) is 79.2 Å². The van der Waals surface area contributed by atoms with Crippen molar-refractivity contribution in [1.82, 2.24) is 14.7 Å². The molecule has 5 unspecified atom stereocenters. The maximum atomic E-state index is 13.7. The summed E-state index contributed by atoms with van der Waals surface area (Å²) in [4.78, 5) is 43.9. The highest BCUT2D eigenvalue weighted by Crippen LogP contribution is 2.50. The number of halogens is 4. The lowest BCUT2D eigenvalue weighted by Gasteiger charge is -2.41. The monoisotopic (exact) mass is 1190 g/mol. The molecular weight excluding hydrogens is 1130 g/mol. The minimum atomic E-state index is -1.49. The molecule has 424 valence electrons. The Kier molecular flexibility index (Phi) is 17.6. The van der Waals surface area contributed by atoms with Gasteiger partial charge in [-0.1, -0.05) is 228 Å². The predicted molar refractivity (Wildman–Crippen MR) is 332 cm³/mol. The second-order valence-electron chi connectivity index (χ2n) is 21.4. The average Bonchev–Trinajstić information content (AvgIpc) is 1.76. The van der Waals surface area contributed by atoms with E-state index < -0.39 is 16.4 Å². The van der Waals surface area contributed by atoms with E-state index in [0.717, 1.165) is 46.2 Å². The Morgan fingerprint density at radius 3 is 1.27 bits per heavy atom. The number of hydrogen-bond acceptors (Lipinski definition) is 6. The fourth-order valence-corrected chi connectivity index (χ4v) is 12.9. The van der Waals surface area contributed by atoms with Gasteiger partial charge in [-0.25, -0.2) is 0 Å². The summed E-state index contributed by atoms with van der Waals surface area (Å²) in [7, 11) is 0. The number of carbonyl (C=O) groups is 3. The lowest BCUT2D eigenvalue weighted by molar-refractivity contribution is -0.144. The number of aliphatic hydroxyl groups is 2. The molecule has 2 N–H and O–H groups in total. The van der Waals surface area contributed by atoms with E-state index in [1.807, 2.05) is 187 Å². The summed E-state index contributed by atoms with van der Waals surface area (Å²) in [5.74, 6) is -0.236. The molecule has 0 aromatic heterocycles. The molecule has 13 rings (SSSR count). The number of ether oxygens (including phenoxy) is 1. The number of rotatable bonds is 14. The molecule has 5 atom stereocenters. The number of nitrogens with zero attached hydrogens (tertiary/aromatic N) is 3. The predicted octanol–water partition coefficient (Wildman–Crippen LogP) is 14.9. The van der Waals surface area contributed by atoms with Crippen molar-refractivity contribution in [3.05, 3.63) is 318 Å². The first-order valence-corrected chi connectivity index (χ1v) is 29.7. The first-order valence-electron chi connectivity index (χ1n) is 28.2. The topological polar surface area (TPSA) is 111 Å². The third kappa shape index (κ3) is 11.5. The number of carbonyl (C=O) groups excluding carboxylic acids is 3. The second kappa shape index (κ2) is 25.3. The molecule has 84 heavy (non-hydrogen) atoms. The van der Waals surface area contributed by atoms with Crippen LogP contribution >= 0.6 is 46.4 Å². The van der Waals surface area contributed by atoms with Crippen molar-refractivity contribution in [2.45, 2.75) is 67.2 Å². The molecular formula is C71H61Cl4N3O6. The van der Waals surface area contributed by atoms with Crippen molar-refractivity contribution in [3.63, 3.8) is 0 Å². The molecule has 3 amide bonds. The maximum Gasteiger partial charge on any atom is 0.257 e. The molecule has 9 aromatic carbocycles. The van der Waals surface area contributed by atoms with E-state index >= 15 is 0 Å². The van der Waals surface area contributed by atoms with Crippen LogP contribution in [0.3, 0.4) is 0 Å². The zero-order valence-corrected chi connectivity index (χ0v) is 48.9. The van der Waals surface area contributed by atoms with E-state index in [0.29, 0.717) is 88.2 Å². The van der Waals surface area contributed by atoms with Gasteiger partial charge in [0.05, 0.1) is 12.2 Å². The fourth-order valence-electron chi connectivity index (χ4n) is 12.1. The van der Waals surface area contributed by atoms with Gasteiger partial charge in [0.2, 0.25) is 0 Å². The molecule has 0 saturated heterocycles. The van der Waals surface area contributed by atoms with Gasteiger partial charge in [-0.15, -0.1) is 0 Å². The minimum absolute atomic E-state index is 0.0370. The molecule has 3 heterocycles. The van der Waals surface area contributed by atoms with Crippen LogP contribution in [0.5, 0.6) is 0 Å². The van der Waals surface area contributed by atoms with Crippen molar-refractivity contribution >= 4 is 64.1 Å². The van der Waals surface area contributed by atoms with Gasteiger partial charge in [-0.2, -0.15) is 0 Å². The minimum Gasteiger partial charge on any atom is -0.393 e. The summed E-state index contributed by atoms with van der Waals surface area (Å²) >= 11 is 25.4. The smallest absolute Gasteiger partial charge is 0.257 e. The summed E-state index contributed by atoms with van der Waals surface area (Å²) < 4.78 is 6.86. The third-order valence-corrected chi connectivity index (χ3v) is 17.6. The molecule has 4 aliphatic rings. The zero-order valence-electron chi connectivity index (χ0n) is 45.9. The third-order valence-electron chi connectivity index (χ3n) is 16.3. The van der Waals surface area contributed by atoms with E-state index in [9.17, 15) is 24.6 Å². The molecule has 1 aliphatic carbocycles. The van der Waals surface area contributed by atoms with E-state index in [1.54, 1.807) is 40.1 Å². The molecule has 0 bridgehead atoms. The van der Waals surface area contributed by atoms with Crippen molar-refractivity contribution in [3.8, 4) is 0 Å². The van der Waals surface area contributed by atoms with Gasteiger partial charge in [0.25, 0.3) is 17.7 Å². The molecule has 0 spiro atoms. The quantitative estimate of drug-likeness (QED) is 0.0829. The summed E-state index contributed by atoms with van der Waals surface area (Å²) in [5.41, 5.74) is 7.40. The normalized spacial score (nSPS) is 21.1. The standard InChI is InChI=1S/C27H26ClNO3.C22H17Cl2NO.C22H18ClNO2/c28-21-12-10-20(11-13-21)27(32-23-15-14-22(30)18-23)25-9-5-4-8-24(25)26(31)29(27)17-16-19-6-2-1-3-7-19;23-18-12-10-17(11-13-18)22(24)20-9-5-4-8-19(20)21(26)25(22)15-14-16-6-2-1-3-7-16;23-18-12-10-17(11-13-18)22(26)20-9-5-4-8-19(20)21(25)24(22)15-14-16-6-2-1-3-7-16/h1-13,22-23,30H,14-18H2;1-13H,14-15H2;1-13,26H,14-15H2. The Balaban J connectivity index is 0.000000133. The van der Waals surface area contributed by atoms with Crippen LogP contribution in [0.4, 0.5) is 0 Å². The van der Waals surface area contributed by atoms with Gasteiger partial charge in [-0.3, -0.25) is 14.4 Å². The van der Waals surface area contributed by atoms with Crippen molar-refractivity contribution in [1.29, 1.82) is 0 Å².